The number of fused-ring (bicyclic) bond motifs is 1. The number of amides is 2. The molecule has 0 aromatic heterocycles. The molecular formula is C21H30N2O5. The lowest BCUT2D eigenvalue weighted by Gasteiger charge is -2.23. The zero-order valence-electron chi connectivity index (χ0n) is 16.7. The summed E-state index contributed by atoms with van der Waals surface area (Å²) in [7, 11) is 1.66. The smallest absolute Gasteiger partial charge is 0.317 e. The second-order valence-electron chi connectivity index (χ2n) is 7.90. The molecule has 0 unspecified atom stereocenters. The van der Waals surface area contributed by atoms with Crippen LogP contribution in [0.1, 0.15) is 36.8 Å². The molecule has 7 heteroatoms. The fourth-order valence-corrected chi connectivity index (χ4v) is 4.40. The lowest BCUT2D eigenvalue weighted by molar-refractivity contribution is -0.149. The molecule has 1 saturated heterocycles. The van der Waals surface area contributed by atoms with Crippen molar-refractivity contribution in [2.75, 3.05) is 33.4 Å². The summed E-state index contributed by atoms with van der Waals surface area (Å²) in [6.45, 7) is 4.35. The van der Waals surface area contributed by atoms with Crippen LogP contribution in [0, 0.1) is 18.3 Å². The molecule has 7 nitrogen and oxygen atoms in total. The van der Waals surface area contributed by atoms with Crippen molar-refractivity contribution in [3.8, 4) is 5.75 Å². The van der Waals surface area contributed by atoms with Crippen LogP contribution in [0.25, 0.3) is 0 Å². The van der Waals surface area contributed by atoms with Gasteiger partial charge in [-0.2, -0.15) is 0 Å². The molecule has 1 aliphatic carbocycles. The average molecular weight is 390 g/mol. The average Bonchev–Trinajstić information content (AvgIpc) is 3.23. The Bertz CT molecular complexity index is 723. The molecule has 154 valence electrons. The van der Waals surface area contributed by atoms with Crippen molar-refractivity contribution in [1.82, 2.24) is 10.2 Å². The van der Waals surface area contributed by atoms with Gasteiger partial charge in [0.2, 0.25) is 0 Å². The van der Waals surface area contributed by atoms with E-state index in [1.165, 1.54) is 0 Å². The van der Waals surface area contributed by atoms with E-state index in [1.807, 2.05) is 25.1 Å². The van der Waals surface area contributed by atoms with E-state index in [1.54, 1.807) is 12.0 Å². The van der Waals surface area contributed by atoms with Gasteiger partial charge in [-0.3, -0.25) is 4.79 Å². The van der Waals surface area contributed by atoms with E-state index in [4.69, 9.17) is 9.47 Å². The quantitative estimate of drug-likeness (QED) is 0.667. The Morgan fingerprint density at radius 3 is 2.89 bits per heavy atom. The van der Waals surface area contributed by atoms with Crippen molar-refractivity contribution < 1.29 is 24.2 Å². The number of ether oxygens (including phenoxy) is 2. The first-order chi connectivity index (χ1) is 13.5. The van der Waals surface area contributed by atoms with Gasteiger partial charge in [0.15, 0.2) is 0 Å². The third-order valence-electron chi connectivity index (χ3n) is 5.99. The standard InChI is InChI=1S/C21H30N2O5/c1-15-6-7-16(18(11-15)28-10-4-9-27-2)12-22-20(26)23-13-17-5-3-8-21(17,14-23)19(24)25/h6-7,11,17H,3-5,8-10,12-14H2,1-2H3,(H,22,26)(H,24,25)/t17-,21+/m0/s1. The minimum absolute atomic E-state index is 0.0646. The van der Waals surface area contributed by atoms with Crippen molar-refractivity contribution >= 4 is 12.0 Å². The number of hydrogen-bond donors (Lipinski definition) is 2. The Kier molecular flexibility index (Phi) is 6.44. The number of hydrogen-bond acceptors (Lipinski definition) is 4. The van der Waals surface area contributed by atoms with E-state index < -0.39 is 11.4 Å². The van der Waals surface area contributed by atoms with Crippen LogP contribution in [0.15, 0.2) is 18.2 Å². The maximum Gasteiger partial charge on any atom is 0.317 e. The molecule has 1 aliphatic heterocycles. The minimum Gasteiger partial charge on any atom is -0.493 e. The maximum atomic E-state index is 12.7. The molecule has 1 heterocycles. The molecule has 3 rings (SSSR count). The zero-order chi connectivity index (χ0) is 20.1. The Hall–Kier alpha value is -2.28. The van der Waals surface area contributed by atoms with Gasteiger partial charge in [-0.1, -0.05) is 18.6 Å². The highest BCUT2D eigenvalue weighted by atomic mass is 16.5. The fourth-order valence-electron chi connectivity index (χ4n) is 4.40. The summed E-state index contributed by atoms with van der Waals surface area (Å²) in [5.41, 5.74) is 1.24. The van der Waals surface area contributed by atoms with Gasteiger partial charge in [-0.05, 0) is 37.3 Å². The number of carboxylic acids is 1. The second kappa shape index (κ2) is 8.82. The first-order valence-electron chi connectivity index (χ1n) is 9.94. The van der Waals surface area contributed by atoms with Crippen LogP contribution < -0.4 is 10.1 Å². The number of nitrogens with zero attached hydrogens (tertiary/aromatic N) is 1. The number of likely N-dealkylation sites (tertiary alicyclic amines) is 1. The highest BCUT2D eigenvalue weighted by Gasteiger charge is 2.55. The number of nitrogens with one attached hydrogen (secondary N) is 1. The van der Waals surface area contributed by atoms with Crippen molar-refractivity contribution in [2.24, 2.45) is 11.3 Å². The lowest BCUT2D eigenvalue weighted by atomic mass is 9.81. The summed E-state index contributed by atoms with van der Waals surface area (Å²) >= 11 is 0. The predicted molar refractivity (Wildman–Crippen MR) is 104 cm³/mol. The van der Waals surface area contributed by atoms with Gasteiger partial charge in [-0.25, -0.2) is 4.79 Å². The Labute approximate surface area is 166 Å². The summed E-state index contributed by atoms with van der Waals surface area (Å²) in [5, 5.41) is 12.6. The number of carboxylic acid groups (broad SMARTS) is 1. The molecule has 0 bridgehead atoms. The minimum atomic E-state index is -0.768. The van der Waals surface area contributed by atoms with E-state index >= 15 is 0 Å². The first-order valence-corrected chi connectivity index (χ1v) is 9.94. The van der Waals surface area contributed by atoms with Gasteiger partial charge >= 0.3 is 12.0 Å². The first kappa shape index (κ1) is 20.5. The molecule has 2 atom stereocenters. The number of urea groups is 1. The highest BCUT2D eigenvalue weighted by Crippen LogP contribution is 2.48. The topological polar surface area (TPSA) is 88.1 Å². The highest BCUT2D eigenvalue weighted by molar-refractivity contribution is 5.80. The second-order valence-corrected chi connectivity index (χ2v) is 7.90. The largest absolute Gasteiger partial charge is 0.493 e. The molecule has 1 aromatic rings. The number of aryl methyl sites for hydroxylation is 1. The Morgan fingerprint density at radius 1 is 1.36 bits per heavy atom. The van der Waals surface area contributed by atoms with Gasteiger partial charge in [0.25, 0.3) is 0 Å². The monoisotopic (exact) mass is 390 g/mol. The Morgan fingerprint density at radius 2 is 2.18 bits per heavy atom. The summed E-state index contributed by atoms with van der Waals surface area (Å²) in [5.74, 6) is 0.0575. The van der Waals surface area contributed by atoms with Crippen molar-refractivity contribution in [2.45, 2.75) is 39.2 Å². The fraction of sp³-hybridized carbons (Fsp3) is 0.619. The van der Waals surface area contributed by atoms with E-state index in [0.29, 0.717) is 39.3 Å². The zero-order valence-corrected chi connectivity index (χ0v) is 16.7. The Balaban J connectivity index is 1.58. The molecule has 1 aromatic carbocycles. The summed E-state index contributed by atoms with van der Waals surface area (Å²) < 4.78 is 10.9. The number of methoxy groups -OCH3 is 1. The van der Waals surface area contributed by atoms with E-state index in [-0.39, 0.29) is 11.9 Å². The molecule has 1 saturated carbocycles. The van der Waals surface area contributed by atoms with Crippen LogP contribution in [-0.4, -0.2) is 55.4 Å². The van der Waals surface area contributed by atoms with Gasteiger partial charge in [-0.15, -0.1) is 0 Å². The summed E-state index contributed by atoms with van der Waals surface area (Å²) in [4.78, 5) is 26.1. The van der Waals surface area contributed by atoms with Crippen LogP contribution in [0.2, 0.25) is 0 Å². The van der Waals surface area contributed by atoms with Gasteiger partial charge in [0.05, 0.1) is 12.0 Å². The molecule has 2 aliphatic rings. The van der Waals surface area contributed by atoms with Crippen LogP contribution >= 0.6 is 0 Å². The third kappa shape index (κ3) is 4.24. The molecule has 2 amide bonds. The number of carbonyl (C=O) groups excluding carboxylic acids is 1. The molecule has 2 N–H and O–H groups in total. The molecule has 2 fully saturated rings. The van der Waals surface area contributed by atoms with Gasteiger partial charge < -0.3 is 24.8 Å². The molecule has 0 spiro atoms. The van der Waals surface area contributed by atoms with Crippen LogP contribution in [0.4, 0.5) is 4.79 Å². The van der Waals surface area contributed by atoms with Crippen LogP contribution in [0.3, 0.4) is 0 Å². The lowest BCUT2D eigenvalue weighted by Crippen LogP contribution is -2.41. The molecule has 0 radical (unpaired) electrons. The van der Waals surface area contributed by atoms with Crippen LogP contribution in [0.5, 0.6) is 5.75 Å². The van der Waals surface area contributed by atoms with Crippen molar-refractivity contribution in [3.05, 3.63) is 29.3 Å². The number of aliphatic carboxylic acids is 1. The molecule has 28 heavy (non-hydrogen) atoms. The van der Waals surface area contributed by atoms with E-state index in [2.05, 4.69) is 5.32 Å². The number of benzene rings is 1. The third-order valence-corrected chi connectivity index (χ3v) is 5.99. The maximum absolute atomic E-state index is 12.7. The number of rotatable bonds is 8. The SMILES string of the molecule is COCCCOc1cc(C)ccc1CNC(=O)N1C[C@@H]2CCC[C@@]2(C(=O)O)C1. The number of carbonyl (C=O) groups is 2. The normalized spacial score (nSPS) is 23.5. The van der Waals surface area contributed by atoms with Gasteiger partial charge in [0.1, 0.15) is 5.75 Å². The molecular weight excluding hydrogens is 360 g/mol. The van der Waals surface area contributed by atoms with Crippen LogP contribution in [-0.2, 0) is 16.1 Å². The summed E-state index contributed by atoms with van der Waals surface area (Å²) in [6.07, 6.45) is 3.27. The van der Waals surface area contributed by atoms with Crippen molar-refractivity contribution in [1.29, 1.82) is 0 Å². The van der Waals surface area contributed by atoms with Crippen molar-refractivity contribution in [3.63, 3.8) is 0 Å². The predicted octanol–water partition coefficient (Wildman–Crippen LogP) is 2.81. The van der Waals surface area contributed by atoms with E-state index in [0.717, 1.165) is 36.1 Å². The summed E-state index contributed by atoms with van der Waals surface area (Å²) in [6, 6.07) is 5.71. The van der Waals surface area contributed by atoms with Gasteiger partial charge in [0, 0.05) is 45.3 Å². The van der Waals surface area contributed by atoms with E-state index in [9.17, 15) is 14.7 Å².